The Kier molecular flexibility index (Phi) is 3.89. The van der Waals surface area contributed by atoms with Crippen molar-refractivity contribution in [2.75, 3.05) is 6.61 Å². The summed E-state index contributed by atoms with van der Waals surface area (Å²) in [4.78, 5) is 11.8. The maximum Gasteiger partial charge on any atom is 0.246 e. The van der Waals surface area contributed by atoms with Gasteiger partial charge >= 0.3 is 0 Å². The van der Waals surface area contributed by atoms with Crippen LogP contribution in [-0.4, -0.2) is 30.7 Å². The largest absolute Gasteiger partial charge is 0.369 e. The quantitative estimate of drug-likeness (QED) is 0.781. The number of amides is 1. The fourth-order valence-corrected chi connectivity index (χ4v) is 3.00. The van der Waals surface area contributed by atoms with E-state index in [0.29, 0.717) is 0 Å². The molecular formula is C13H26N2O2. The van der Waals surface area contributed by atoms with Gasteiger partial charge in [-0.25, -0.2) is 0 Å². The average molecular weight is 242 g/mol. The minimum Gasteiger partial charge on any atom is -0.369 e. The van der Waals surface area contributed by atoms with Crippen LogP contribution >= 0.6 is 0 Å². The first kappa shape index (κ1) is 14.5. The Bertz CT molecular complexity index is 282. The number of nitrogens with one attached hydrogen (secondary N) is 1. The molecule has 0 aliphatic heterocycles. The van der Waals surface area contributed by atoms with Crippen molar-refractivity contribution in [3.63, 3.8) is 0 Å². The number of carbonyl (C=O) groups is 1. The molecule has 0 aromatic carbocycles. The molecule has 0 atom stereocenters. The molecule has 1 aliphatic carbocycles. The number of nitrogens with two attached hydrogens (primary N) is 1. The summed E-state index contributed by atoms with van der Waals surface area (Å²) in [5.41, 5.74) is 6.02. The first-order chi connectivity index (χ1) is 7.60. The Balaban J connectivity index is 2.54. The molecule has 3 N–H and O–H groups in total. The van der Waals surface area contributed by atoms with Crippen molar-refractivity contribution >= 4 is 5.91 Å². The molecule has 4 nitrogen and oxygen atoms in total. The summed E-state index contributed by atoms with van der Waals surface area (Å²) in [6, 6.07) is 0.208. The maximum absolute atomic E-state index is 11.8. The molecule has 0 radical (unpaired) electrons. The molecule has 0 bridgehead atoms. The number of carbonyl (C=O) groups excluding carboxylic acids is 1. The van der Waals surface area contributed by atoms with Gasteiger partial charge in [0.1, 0.15) is 6.61 Å². The zero-order valence-electron chi connectivity index (χ0n) is 11.8. The lowest BCUT2D eigenvalue weighted by molar-refractivity contribution is -0.137. The lowest BCUT2D eigenvalue weighted by atomic mass is 9.48. The van der Waals surface area contributed by atoms with E-state index in [-0.39, 0.29) is 41.5 Å². The van der Waals surface area contributed by atoms with Crippen LogP contribution in [0, 0.1) is 10.8 Å². The third kappa shape index (κ3) is 2.63. The highest BCUT2D eigenvalue weighted by Gasteiger charge is 2.60. The molecular weight excluding hydrogens is 216 g/mol. The fraction of sp³-hybridized carbons (Fsp3) is 0.923. The highest BCUT2D eigenvalue weighted by Crippen LogP contribution is 2.52. The van der Waals surface area contributed by atoms with Gasteiger partial charge in [0.05, 0.1) is 6.10 Å². The molecule has 0 saturated heterocycles. The third-order valence-electron chi connectivity index (χ3n) is 3.94. The van der Waals surface area contributed by atoms with E-state index in [1.165, 1.54) is 0 Å². The van der Waals surface area contributed by atoms with Crippen molar-refractivity contribution in [2.24, 2.45) is 16.6 Å². The highest BCUT2D eigenvalue weighted by molar-refractivity contribution is 5.78. The Morgan fingerprint density at radius 1 is 1.29 bits per heavy atom. The van der Waals surface area contributed by atoms with E-state index in [1.54, 1.807) is 0 Å². The zero-order chi connectivity index (χ0) is 13.4. The van der Waals surface area contributed by atoms with E-state index in [0.717, 1.165) is 0 Å². The van der Waals surface area contributed by atoms with Gasteiger partial charge in [-0.2, -0.15) is 0 Å². The standard InChI is InChI=1S/C13H26N2O2/c1-8(2)17-7-9(16)15-11-12(3,4)10(14)13(11,5)6/h8,10-11H,7,14H2,1-6H3,(H,15,16). The molecule has 1 amide bonds. The van der Waals surface area contributed by atoms with Gasteiger partial charge in [-0.3, -0.25) is 4.79 Å². The Morgan fingerprint density at radius 3 is 2.18 bits per heavy atom. The van der Waals surface area contributed by atoms with Gasteiger partial charge < -0.3 is 15.8 Å². The molecule has 1 fully saturated rings. The number of hydrogen-bond acceptors (Lipinski definition) is 3. The normalized spacial score (nSPS) is 29.9. The van der Waals surface area contributed by atoms with Crippen molar-refractivity contribution in [3.05, 3.63) is 0 Å². The molecule has 100 valence electrons. The molecule has 0 unspecified atom stereocenters. The maximum atomic E-state index is 11.8. The minimum absolute atomic E-state index is 0.0585. The van der Waals surface area contributed by atoms with Crippen molar-refractivity contribution in [3.8, 4) is 0 Å². The van der Waals surface area contributed by atoms with Crippen LogP contribution in [0.4, 0.5) is 0 Å². The van der Waals surface area contributed by atoms with Crippen LogP contribution in [0.15, 0.2) is 0 Å². The van der Waals surface area contributed by atoms with E-state index in [2.05, 4.69) is 33.0 Å². The van der Waals surface area contributed by atoms with Crippen LogP contribution in [0.5, 0.6) is 0 Å². The number of ether oxygens (including phenoxy) is 1. The van der Waals surface area contributed by atoms with Crippen LogP contribution < -0.4 is 11.1 Å². The lowest BCUT2D eigenvalue weighted by Crippen LogP contribution is -2.76. The van der Waals surface area contributed by atoms with E-state index >= 15 is 0 Å². The van der Waals surface area contributed by atoms with Crippen LogP contribution in [-0.2, 0) is 9.53 Å². The predicted octanol–water partition coefficient (Wildman–Crippen LogP) is 1.29. The summed E-state index contributed by atoms with van der Waals surface area (Å²) in [5.74, 6) is -0.0586. The van der Waals surface area contributed by atoms with Gasteiger partial charge in [0.25, 0.3) is 0 Å². The summed E-state index contributed by atoms with van der Waals surface area (Å²) in [7, 11) is 0. The second-order valence-corrected chi connectivity index (χ2v) is 6.48. The second-order valence-electron chi connectivity index (χ2n) is 6.48. The van der Waals surface area contributed by atoms with Crippen LogP contribution in [0.3, 0.4) is 0 Å². The van der Waals surface area contributed by atoms with E-state index in [9.17, 15) is 4.79 Å². The van der Waals surface area contributed by atoms with Crippen LogP contribution in [0.25, 0.3) is 0 Å². The molecule has 17 heavy (non-hydrogen) atoms. The lowest BCUT2D eigenvalue weighted by Gasteiger charge is -2.62. The highest BCUT2D eigenvalue weighted by atomic mass is 16.5. The number of rotatable bonds is 4. The van der Waals surface area contributed by atoms with Gasteiger partial charge in [0.15, 0.2) is 0 Å². The van der Waals surface area contributed by atoms with Crippen molar-refractivity contribution < 1.29 is 9.53 Å². The first-order valence-corrected chi connectivity index (χ1v) is 6.26. The molecule has 1 saturated carbocycles. The molecule has 0 aromatic heterocycles. The second kappa shape index (κ2) is 4.58. The molecule has 0 aromatic rings. The van der Waals surface area contributed by atoms with Crippen molar-refractivity contribution in [2.45, 2.75) is 59.7 Å². The summed E-state index contributed by atoms with van der Waals surface area (Å²) in [6.45, 7) is 12.3. The predicted molar refractivity (Wildman–Crippen MR) is 68.6 cm³/mol. The summed E-state index contributed by atoms with van der Waals surface area (Å²) >= 11 is 0. The first-order valence-electron chi connectivity index (χ1n) is 6.26. The third-order valence-corrected chi connectivity index (χ3v) is 3.94. The van der Waals surface area contributed by atoms with Gasteiger partial charge in [-0.1, -0.05) is 27.7 Å². The Hall–Kier alpha value is -0.610. The SMILES string of the molecule is CC(C)OCC(=O)NC1C(C)(C)C(N)C1(C)C. The van der Waals surface area contributed by atoms with Gasteiger partial charge in [-0.05, 0) is 13.8 Å². The van der Waals surface area contributed by atoms with E-state index in [4.69, 9.17) is 10.5 Å². The fourth-order valence-electron chi connectivity index (χ4n) is 3.00. The van der Waals surface area contributed by atoms with E-state index in [1.807, 2.05) is 13.8 Å². The summed E-state index contributed by atoms with van der Waals surface area (Å²) in [6.07, 6.45) is 0.0745. The van der Waals surface area contributed by atoms with Gasteiger partial charge in [-0.15, -0.1) is 0 Å². The van der Waals surface area contributed by atoms with Crippen molar-refractivity contribution in [1.29, 1.82) is 0 Å². The molecule has 0 spiro atoms. The summed E-state index contributed by atoms with van der Waals surface area (Å²) in [5, 5.41) is 3.04. The number of hydrogen-bond donors (Lipinski definition) is 2. The molecule has 0 heterocycles. The Morgan fingerprint density at radius 2 is 1.76 bits per heavy atom. The monoisotopic (exact) mass is 242 g/mol. The molecule has 1 rings (SSSR count). The van der Waals surface area contributed by atoms with Crippen molar-refractivity contribution in [1.82, 2.24) is 5.32 Å². The zero-order valence-corrected chi connectivity index (χ0v) is 11.8. The van der Waals surface area contributed by atoms with E-state index < -0.39 is 0 Å². The van der Waals surface area contributed by atoms with Gasteiger partial charge in [0, 0.05) is 22.9 Å². The van der Waals surface area contributed by atoms with Gasteiger partial charge in [0.2, 0.25) is 5.91 Å². The Labute approximate surface area is 104 Å². The average Bonchev–Trinajstić information content (AvgIpc) is 2.21. The molecule has 1 aliphatic rings. The smallest absolute Gasteiger partial charge is 0.246 e. The topological polar surface area (TPSA) is 64.3 Å². The van der Waals surface area contributed by atoms with Crippen LogP contribution in [0.1, 0.15) is 41.5 Å². The summed E-state index contributed by atoms with van der Waals surface area (Å²) < 4.78 is 5.29. The minimum atomic E-state index is -0.0586. The molecule has 4 heteroatoms. The van der Waals surface area contributed by atoms with Crippen LogP contribution in [0.2, 0.25) is 0 Å².